The number of likely N-dealkylation sites (tertiary alicyclic amines) is 1. The van der Waals surface area contributed by atoms with Crippen molar-refractivity contribution in [2.24, 2.45) is 0 Å². The number of H-pyrrole nitrogens is 2. The highest BCUT2D eigenvalue weighted by atomic mass is 19.1. The number of aromatic nitrogens is 7. The second-order valence-electron chi connectivity index (χ2n) is 9.62. The van der Waals surface area contributed by atoms with Crippen LogP contribution in [0.2, 0.25) is 0 Å². The van der Waals surface area contributed by atoms with Gasteiger partial charge in [-0.05, 0) is 62.3 Å². The number of nitrogens with one attached hydrogen (secondary N) is 2. The molecule has 1 fully saturated rings. The lowest BCUT2D eigenvalue weighted by molar-refractivity contribution is 0.237. The third-order valence-electron chi connectivity index (χ3n) is 7.01. The highest BCUT2D eigenvalue weighted by Gasteiger charge is 2.18. The van der Waals surface area contributed by atoms with Crippen LogP contribution in [0.15, 0.2) is 67.1 Å². The predicted molar refractivity (Wildman–Crippen MR) is 147 cm³/mol. The molecule has 0 amide bonds. The van der Waals surface area contributed by atoms with Crippen molar-refractivity contribution in [3.63, 3.8) is 0 Å². The van der Waals surface area contributed by atoms with Crippen molar-refractivity contribution in [2.75, 3.05) is 26.2 Å². The number of halogens is 1. The van der Waals surface area contributed by atoms with Crippen molar-refractivity contribution >= 4 is 22.1 Å². The largest absolute Gasteiger partial charge is 0.491 e. The van der Waals surface area contributed by atoms with E-state index >= 15 is 0 Å². The summed E-state index contributed by atoms with van der Waals surface area (Å²) < 4.78 is 19.9. The number of hydrogen-bond acceptors (Lipinski definition) is 7. The minimum absolute atomic E-state index is 0.326. The van der Waals surface area contributed by atoms with Crippen LogP contribution >= 0.6 is 0 Å². The molecule has 0 bridgehead atoms. The topological polar surface area (TPSA) is 108 Å². The number of imidazole rings is 1. The molecule has 9 nitrogen and oxygen atoms in total. The summed E-state index contributed by atoms with van der Waals surface area (Å²) in [6.07, 6.45) is 7.71. The minimum Gasteiger partial charge on any atom is -0.491 e. The first-order chi connectivity index (χ1) is 19.2. The van der Waals surface area contributed by atoms with E-state index in [-0.39, 0.29) is 5.82 Å². The van der Waals surface area contributed by atoms with E-state index in [9.17, 15) is 4.39 Å². The van der Waals surface area contributed by atoms with Gasteiger partial charge < -0.3 is 9.72 Å². The van der Waals surface area contributed by atoms with E-state index in [0.29, 0.717) is 40.4 Å². The Morgan fingerprint density at radius 3 is 2.69 bits per heavy atom. The van der Waals surface area contributed by atoms with Crippen molar-refractivity contribution in [1.29, 1.82) is 0 Å². The molecule has 10 heteroatoms. The lowest BCUT2D eigenvalue weighted by Gasteiger charge is -2.15. The van der Waals surface area contributed by atoms with Crippen molar-refractivity contribution in [3.8, 4) is 39.8 Å². The van der Waals surface area contributed by atoms with Crippen molar-refractivity contribution in [2.45, 2.75) is 12.8 Å². The third kappa shape index (κ3) is 4.59. The molecule has 1 aromatic carbocycles. The smallest absolute Gasteiger partial charge is 0.161 e. The summed E-state index contributed by atoms with van der Waals surface area (Å²) in [5, 5.41) is 7.55. The molecule has 1 aliphatic rings. The molecule has 0 aliphatic carbocycles. The molecule has 2 N–H and O–H groups in total. The van der Waals surface area contributed by atoms with Crippen molar-refractivity contribution in [1.82, 2.24) is 40.0 Å². The van der Waals surface area contributed by atoms with Gasteiger partial charge in [0.15, 0.2) is 11.5 Å². The maximum absolute atomic E-state index is 13.9. The molecule has 0 spiro atoms. The number of rotatable bonds is 7. The van der Waals surface area contributed by atoms with Gasteiger partial charge in [0.2, 0.25) is 0 Å². The zero-order valence-electron chi connectivity index (χ0n) is 21.1. The number of fused-ring (bicyclic) bond motifs is 2. The Labute approximate surface area is 223 Å². The molecule has 7 rings (SSSR count). The molecule has 6 heterocycles. The fourth-order valence-electron chi connectivity index (χ4n) is 5.06. The standard InChI is InChI=1S/C29H25FN8O/c30-20-5-3-4-18(14-20)25-26-23(8-9-32-25)34-29(35-26)28-27-24(36-37-28)7-6-22(33-27)19-15-21(17-31-16-19)39-13-12-38-10-1-2-11-38/h3-9,14-17H,1-2,10-13H2,(H,34,35)(H,36,37). The summed E-state index contributed by atoms with van der Waals surface area (Å²) in [7, 11) is 0. The third-order valence-corrected chi connectivity index (χ3v) is 7.01. The van der Waals surface area contributed by atoms with E-state index in [1.165, 1.54) is 25.0 Å². The lowest BCUT2D eigenvalue weighted by Crippen LogP contribution is -2.25. The van der Waals surface area contributed by atoms with Gasteiger partial charge in [-0.25, -0.2) is 14.4 Å². The Bertz CT molecular complexity index is 1790. The Morgan fingerprint density at radius 1 is 0.897 bits per heavy atom. The van der Waals surface area contributed by atoms with Crippen LogP contribution in [-0.4, -0.2) is 66.3 Å². The van der Waals surface area contributed by atoms with Gasteiger partial charge in [-0.3, -0.25) is 20.0 Å². The van der Waals surface area contributed by atoms with E-state index in [0.717, 1.165) is 47.7 Å². The molecule has 0 atom stereocenters. The van der Waals surface area contributed by atoms with Crippen molar-refractivity contribution < 1.29 is 9.13 Å². The molecule has 194 valence electrons. The quantitative estimate of drug-likeness (QED) is 0.296. The molecule has 1 aliphatic heterocycles. The maximum Gasteiger partial charge on any atom is 0.161 e. The zero-order valence-corrected chi connectivity index (χ0v) is 21.1. The molecule has 1 saturated heterocycles. The summed E-state index contributed by atoms with van der Waals surface area (Å²) >= 11 is 0. The van der Waals surface area contributed by atoms with Crippen LogP contribution in [0.4, 0.5) is 4.39 Å². The van der Waals surface area contributed by atoms with Crippen LogP contribution in [0.5, 0.6) is 5.75 Å². The van der Waals surface area contributed by atoms with Crippen LogP contribution in [0.25, 0.3) is 56.1 Å². The van der Waals surface area contributed by atoms with Crippen LogP contribution in [0.1, 0.15) is 12.8 Å². The highest BCUT2D eigenvalue weighted by molar-refractivity contribution is 5.95. The number of aromatic amines is 2. The monoisotopic (exact) mass is 520 g/mol. The van der Waals surface area contributed by atoms with Gasteiger partial charge in [0.05, 0.1) is 28.6 Å². The van der Waals surface area contributed by atoms with Gasteiger partial charge in [0.1, 0.15) is 29.2 Å². The Kier molecular flexibility index (Phi) is 5.93. The molecule has 5 aromatic heterocycles. The number of hydrogen-bond donors (Lipinski definition) is 2. The first-order valence-corrected chi connectivity index (χ1v) is 13.0. The molecule has 39 heavy (non-hydrogen) atoms. The summed E-state index contributed by atoms with van der Waals surface area (Å²) in [4.78, 5) is 24.3. The minimum atomic E-state index is -0.326. The van der Waals surface area contributed by atoms with Crippen LogP contribution in [0.3, 0.4) is 0 Å². The summed E-state index contributed by atoms with van der Waals surface area (Å²) in [6.45, 7) is 3.84. The van der Waals surface area contributed by atoms with E-state index in [2.05, 4.69) is 30.0 Å². The van der Waals surface area contributed by atoms with E-state index in [4.69, 9.17) is 14.7 Å². The second-order valence-corrected chi connectivity index (χ2v) is 9.62. The average Bonchev–Trinajstić information content (AvgIpc) is 3.72. The van der Waals surface area contributed by atoms with E-state index in [1.807, 2.05) is 30.3 Å². The fraction of sp³-hybridized carbons (Fsp3) is 0.207. The van der Waals surface area contributed by atoms with E-state index < -0.39 is 0 Å². The number of ether oxygens (including phenoxy) is 1. The van der Waals surface area contributed by atoms with E-state index in [1.54, 1.807) is 24.7 Å². The lowest BCUT2D eigenvalue weighted by atomic mass is 10.1. The SMILES string of the molecule is Fc1cccc(-c2nccc3[nH]c(-c4n[nH]c5ccc(-c6cncc(OCCN7CCCC7)c6)nc45)nc23)c1. The van der Waals surface area contributed by atoms with Crippen LogP contribution in [0, 0.1) is 5.82 Å². The molecule has 0 saturated carbocycles. The fourth-order valence-corrected chi connectivity index (χ4v) is 5.06. The maximum atomic E-state index is 13.9. The number of nitrogens with zero attached hydrogens (tertiary/aromatic N) is 6. The van der Waals surface area contributed by atoms with Gasteiger partial charge >= 0.3 is 0 Å². The average molecular weight is 521 g/mol. The Morgan fingerprint density at radius 2 is 1.79 bits per heavy atom. The molecular formula is C29H25FN8O. The Hall–Kier alpha value is -4.70. The molecule has 0 unspecified atom stereocenters. The molecule has 6 aromatic rings. The highest BCUT2D eigenvalue weighted by Crippen LogP contribution is 2.31. The number of pyridine rings is 3. The second kappa shape index (κ2) is 9.88. The van der Waals surface area contributed by atoms with Gasteiger partial charge in [-0.1, -0.05) is 12.1 Å². The summed E-state index contributed by atoms with van der Waals surface area (Å²) in [6, 6.07) is 14.0. The Balaban J connectivity index is 1.20. The molecular weight excluding hydrogens is 495 g/mol. The van der Waals surface area contributed by atoms with Gasteiger partial charge in [0, 0.05) is 30.1 Å². The normalized spacial score (nSPS) is 14.0. The van der Waals surface area contributed by atoms with Gasteiger partial charge in [-0.15, -0.1) is 0 Å². The molecule has 0 radical (unpaired) electrons. The van der Waals surface area contributed by atoms with Gasteiger partial charge in [-0.2, -0.15) is 5.10 Å². The van der Waals surface area contributed by atoms with Crippen LogP contribution in [-0.2, 0) is 0 Å². The zero-order chi connectivity index (χ0) is 26.2. The van der Waals surface area contributed by atoms with Crippen LogP contribution < -0.4 is 4.74 Å². The summed E-state index contributed by atoms with van der Waals surface area (Å²) in [5.74, 6) is 0.937. The predicted octanol–water partition coefficient (Wildman–Crippen LogP) is 5.24. The summed E-state index contributed by atoms with van der Waals surface area (Å²) in [5.41, 5.74) is 6.29. The first kappa shape index (κ1) is 23.4. The number of benzene rings is 1. The van der Waals surface area contributed by atoms with Crippen molar-refractivity contribution in [3.05, 3.63) is 72.9 Å². The first-order valence-electron chi connectivity index (χ1n) is 13.0. The van der Waals surface area contributed by atoms with Gasteiger partial charge in [0.25, 0.3) is 0 Å².